The standard InChI is InChI=1S/C15H19N3O6S/c1-7(24-15(23)16-3)11-9-6-10(25-5-4-17-8(2)19)12(14(21)22)18(9)13(11)20/h4-5,7,9,11H,6H2,1-3H3,(H,16,23)(H,17,19)(H,21,22)/p-1/b5-4+/t7-,9+,11+/m0/s1. The number of carboxylic acids is 1. The summed E-state index contributed by atoms with van der Waals surface area (Å²) in [6.45, 7) is 2.94. The van der Waals surface area contributed by atoms with E-state index < -0.39 is 36.0 Å². The monoisotopic (exact) mass is 368 g/mol. The summed E-state index contributed by atoms with van der Waals surface area (Å²) in [6, 6.07) is -0.392. The molecule has 0 unspecified atom stereocenters. The summed E-state index contributed by atoms with van der Waals surface area (Å²) in [4.78, 5) is 47.5. The molecule has 9 nitrogen and oxygen atoms in total. The Morgan fingerprint density at radius 3 is 2.68 bits per heavy atom. The van der Waals surface area contributed by atoms with Crippen molar-refractivity contribution in [3.8, 4) is 0 Å². The fourth-order valence-electron chi connectivity index (χ4n) is 2.88. The summed E-state index contributed by atoms with van der Waals surface area (Å²) >= 11 is 1.09. The summed E-state index contributed by atoms with van der Waals surface area (Å²) in [5.74, 6) is -2.72. The third kappa shape index (κ3) is 3.78. The van der Waals surface area contributed by atoms with Gasteiger partial charge < -0.3 is 30.2 Å². The Kier molecular flexibility index (Phi) is 5.73. The molecule has 10 heteroatoms. The molecule has 2 rings (SSSR count). The van der Waals surface area contributed by atoms with Gasteiger partial charge >= 0.3 is 6.09 Å². The maximum Gasteiger partial charge on any atom is 0.407 e. The van der Waals surface area contributed by atoms with Crippen LogP contribution in [0, 0.1) is 5.92 Å². The van der Waals surface area contributed by atoms with Gasteiger partial charge in [-0.3, -0.25) is 9.59 Å². The van der Waals surface area contributed by atoms with Crippen LogP contribution in [-0.4, -0.2) is 48.0 Å². The second-order valence-electron chi connectivity index (χ2n) is 5.55. The number of thioether (sulfide) groups is 1. The lowest BCUT2D eigenvalue weighted by Gasteiger charge is -2.46. The van der Waals surface area contributed by atoms with E-state index in [1.807, 2.05) is 0 Å². The van der Waals surface area contributed by atoms with Crippen molar-refractivity contribution in [1.29, 1.82) is 0 Å². The van der Waals surface area contributed by atoms with Gasteiger partial charge in [-0.25, -0.2) is 4.79 Å². The normalized spacial score (nSPS) is 23.2. The predicted octanol–water partition coefficient (Wildman–Crippen LogP) is -0.736. The lowest BCUT2D eigenvalue weighted by Crippen LogP contribution is -2.63. The van der Waals surface area contributed by atoms with Crippen molar-refractivity contribution in [1.82, 2.24) is 15.5 Å². The zero-order valence-corrected chi connectivity index (χ0v) is 14.7. The molecule has 3 amide bonds. The fourth-order valence-corrected chi connectivity index (χ4v) is 3.74. The quantitative estimate of drug-likeness (QED) is 0.591. The minimum absolute atomic E-state index is 0.170. The van der Waals surface area contributed by atoms with Crippen LogP contribution in [0.3, 0.4) is 0 Å². The molecule has 3 atom stereocenters. The lowest BCUT2D eigenvalue weighted by molar-refractivity contribution is -0.301. The number of hydrogen-bond acceptors (Lipinski definition) is 7. The van der Waals surface area contributed by atoms with Gasteiger partial charge in [-0.1, -0.05) is 11.8 Å². The van der Waals surface area contributed by atoms with E-state index in [1.54, 1.807) is 6.92 Å². The van der Waals surface area contributed by atoms with E-state index in [0.29, 0.717) is 11.3 Å². The maximum atomic E-state index is 12.3. The number of amides is 3. The zero-order chi connectivity index (χ0) is 18.7. The van der Waals surface area contributed by atoms with Crippen molar-refractivity contribution < 1.29 is 29.0 Å². The average Bonchev–Trinajstić information content (AvgIpc) is 2.85. The van der Waals surface area contributed by atoms with Crippen molar-refractivity contribution in [3.63, 3.8) is 0 Å². The van der Waals surface area contributed by atoms with Gasteiger partial charge in [-0.05, 0) is 12.3 Å². The van der Waals surface area contributed by atoms with E-state index in [-0.39, 0.29) is 11.6 Å². The molecule has 0 spiro atoms. The third-order valence-corrected chi connectivity index (χ3v) is 4.85. The van der Waals surface area contributed by atoms with Crippen LogP contribution >= 0.6 is 11.8 Å². The Hall–Kier alpha value is -2.49. The number of aliphatic carboxylic acids is 1. The van der Waals surface area contributed by atoms with Gasteiger partial charge in [0.25, 0.3) is 0 Å². The first kappa shape index (κ1) is 18.8. The molecule has 2 aliphatic rings. The van der Waals surface area contributed by atoms with E-state index in [0.717, 1.165) is 11.8 Å². The molecule has 0 bridgehead atoms. The highest BCUT2D eigenvalue weighted by Crippen LogP contribution is 2.47. The largest absolute Gasteiger partial charge is 0.543 e. The van der Waals surface area contributed by atoms with Gasteiger partial charge in [0.1, 0.15) is 6.10 Å². The number of ether oxygens (including phenoxy) is 1. The highest BCUT2D eigenvalue weighted by molar-refractivity contribution is 8.05. The number of rotatable bonds is 6. The Balaban J connectivity index is 2.10. The number of alkyl carbamates (subject to hydrolysis) is 1. The predicted molar refractivity (Wildman–Crippen MR) is 86.3 cm³/mol. The van der Waals surface area contributed by atoms with Gasteiger partial charge in [-0.2, -0.15) is 0 Å². The van der Waals surface area contributed by atoms with Gasteiger partial charge in [-0.15, -0.1) is 0 Å². The number of nitrogens with zero attached hydrogens (tertiary/aromatic N) is 1. The number of carboxylic acid groups (broad SMARTS) is 1. The SMILES string of the molecule is CNC(=O)O[C@@H](C)[C@H]1C(=O)N2C(C(=O)[O-])=C(S/C=C/NC(C)=O)C[C@H]12. The van der Waals surface area contributed by atoms with E-state index >= 15 is 0 Å². The second-order valence-corrected chi connectivity index (χ2v) is 6.55. The van der Waals surface area contributed by atoms with E-state index in [1.165, 1.54) is 30.5 Å². The minimum atomic E-state index is -1.44. The van der Waals surface area contributed by atoms with Crippen LogP contribution in [0.1, 0.15) is 20.3 Å². The Labute approximate surface area is 148 Å². The second kappa shape index (κ2) is 7.60. The molecule has 2 N–H and O–H groups in total. The van der Waals surface area contributed by atoms with Gasteiger partial charge in [0.15, 0.2) is 0 Å². The highest BCUT2D eigenvalue weighted by atomic mass is 32.2. The summed E-state index contributed by atoms with van der Waals surface area (Å²) in [6.07, 6.45) is 0.364. The minimum Gasteiger partial charge on any atom is -0.543 e. The van der Waals surface area contributed by atoms with Crippen LogP contribution in [0.2, 0.25) is 0 Å². The Bertz CT molecular complexity index is 674. The molecule has 0 saturated carbocycles. The Morgan fingerprint density at radius 2 is 2.12 bits per heavy atom. The van der Waals surface area contributed by atoms with E-state index in [2.05, 4.69) is 10.6 Å². The molecule has 0 aliphatic carbocycles. The summed E-state index contributed by atoms with van der Waals surface area (Å²) < 4.78 is 5.09. The first-order valence-electron chi connectivity index (χ1n) is 7.52. The molecule has 136 valence electrons. The summed E-state index contributed by atoms with van der Waals surface area (Å²) in [5.41, 5.74) is -0.170. The smallest absolute Gasteiger partial charge is 0.407 e. The summed E-state index contributed by atoms with van der Waals surface area (Å²) in [5, 5.41) is 17.7. The molecule has 1 saturated heterocycles. The molecule has 2 heterocycles. The zero-order valence-electron chi connectivity index (χ0n) is 13.9. The molecule has 1 fully saturated rings. The van der Waals surface area contributed by atoms with Crippen molar-refractivity contribution in [2.75, 3.05) is 7.05 Å². The van der Waals surface area contributed by atoms with E-state index in [4.69, 9.17) is 4.74 Å². The van der Waals surface area contributed by atoms with Crippen molar-refractivity contribution in [2.45, 2.75) is 32.4 Å². The third-order valence-electron chi connectivity index (χ3n) is 3.93. The molecule has 25 heavy (non-hydrogen) atoms. The van der Waals surface area contributed by atoms with Crippen LogP contribution in [0.5, 0.6) is 0 Å². The highest BCUT2D eigenvalue weighted by Gasteiger charge is 2.56. The van der Waals surface area contributed by atoms with Crippen molar-refractivity contribution >= 4 is 35.6 Å². The fraction of sp³-hybridized carbons (Fsp3) is 0.467. The van der Waals surface area contributed by atoms with Gasteiger partial charge in [0.05, 0.1) is 23.6 Å². The number of nitrogens with one attached hydrogen (secondary N) is 2. The molecule has 0 aromatic carbocycles. The van der Waals surface area contributed by atoms with Crippen molar-refractivity contribution in [3.05, 3.63) is 22.2 Å². The molecular formula is C15H18N3O6S-. The first-order valence-corrected chi connectivity index (χ1v) is 8.40. The Morgan fingerprint density at radius 1 is 1.44 bits per heavy atom. The van der Waals surface area contributed by atoms with Crippen LogP contribution in [0.4, 0.5) is 4.79 Å². The van der Waals surface area contributed by atoms with Crippen molar-refractivity contribution in [2.24, 2.45) is 5.92 Å². The van der Waals surface area contributed by atoms with Crippen LogP contribution in [0.25, 0.3) is 0 Å². The molecular weight excluding hydrogens is 350 g/mol. The van der Waals surface area contributed by atoms with Crippen LogP contribution < -0.4 is 15.7 Å². The number of carbonyl (C=O) groups is 4. The summed E-state index contributed by atoms with van der Waals surface area (Å²) in [7, 11) is 1.41. The number of fused-ring (bicyclic) bond motifs is 1. The number of β-lactam (4-membered cyclic amide) rings is 1. The topological polar surface area (TPSA) is 128 Å². The van der Waals surface area contributed by atoms with Gasteiger partial charge in [0.2, 0.25) is 11.8 Å². The van der Waals surface area contributed by atoms with E-state index in [9.17, 15) is 24.3 Å². The molecule has 2 aliphatic heterocycles. The molecule has 0 aromatic rings. The van der Waals surface area contributed by atoms with Crippen LogP contribution in [0.15, 0.2) is 22.2 Å². The van der Waals surface area contributed by atoms with Gasteiger partial charge in [0, 0.05) is 31.5 Å². The molecule has 0 radical (unpaired) electrons. The number of hydrogen-bond donors (Lipinski definition) is 2. The number of carbonyl (C=O) groups excluding carboxylic acids is 4. The average molecular weight is 368 g/mol. The maximum absolute atomic E-state index is 12.3. The molecule has 0 aromatic heterocycles. The lowest BCUT2D eigenvalue weighted by atomic mass is 9.83. The first-order chi connectivity index (χ1) is 11.8. The van der Waals surface area contributed by atoms with Crippen LogP contribution in [-0.2, 0) is 19.1 Å².